The largest absolute Gasteiger partial charge is 0.377 e. The van der Waals surface area contributed by atoms with Crippen LogP contribution in [0.2, 0.25) is 0 Å². The van der Waals surface area contributed by atoms with Crippen molar-refractivity contribution in [3.05, 3.63) is 0 Å². The number of ketones is 1. The number of carbonyl (C=O) groups excluding carboxylic acids is 2. The van der Waals surface area contributed by atoms with E-state index in [9.17, 15) is 9.59 Å². The van der Waals surface area contributed by atoms with Crippen molar-refractivity contribution in [1.82, 2.24) is 5.32 Å². The SMILES string of the molecule is CCCC(=O)NCCOCCOCC(C)=O. The van der Waals surface area contributed by atoms with Gasteiger partial charge in [-0.1, -0.05) is 6.92 Å². The molecule has 0 radical (unpaired) electrons. The fourth-order valence-corrected chi connectivity index (χ4v) is 1.01. The smallest absolute Gasteiger partial charge is 0.220 e. The highest BCUT2D eigenvalue weighted by Gasteiger charge is 1.97. The second kappa shape index (κ2) is 10.6. The number of hydrogen-bond donors (Lipinski definition) is 1. The first-order chi connectivity index (χ1) is 7.66. The van der Waals surface area contributed by atoms with E-state index < -0.39 is 0 Å². The van der Waals surface area contributed by atoms with Crippen LogP contribution in [-0.2, 0) is 19.1 Å². The zero-order valence-electron chi connectivity index (χ0n) is 10.1. The van der Waals surface area contributed by atoms with Gasteiger partial charge in [0.1, 0.15) is 6.61 Å². The maximum absolute atomic E-state index is 11.0. The predicted octanol–water partition coefficient (Wildman–Crippen LogP) is 0.525. The molecule has 0 aromatic rings. The highest BCUT2D eigenvalue weighted by atomic mass is 16.5. The average Bonchev–Trinajstić information content (AvgIpc) is 2.22. The molecule has 1 amide bonds. The molecule has 16 heavy (non-hydrogen) atoms. The van der Waals surface area contributed by atoms with Crippen molar-refractivity contribution >= 4 is 11.7 Å². The standard InChI is InChI=1S/C11H21NO4/c1-3-4-11(14)12-5-6-15-7-8-16-9-10(2)13/h3-9H2,1-2H3,(H,12,14). The third-order valence-corrected chi connectivity index (χ3v) is 1.72. The molecule has 0 spiro atoms. The number of carbonyl (C=O) groups is 2. The van der Waals surface area contributed by atoms with E-state index in [0.29, 0.717) is 32.8 Å². The molecule has 0 aromatic carbocycles. The Morgan fingerprint density at radius 2 is 1.81 bits per heavy atom. The van der Waals surface area contributed by atoms with Gasteiger partial charge in [-0.25, -0.2) is 0 Å². The van der Waals surface area contributed by atoms with Gasteiger partial charge < -0.3 is 14.8 Å². The first-order valence-electron chi connectivity index (χ1n) is 5.58. The molecule has 0 saturated carbocycles. The fraction of sp³-hybridized carbons (Fsp3) is 0.818. The zero-order chi connectivity index (χ0) is 12.2. The van der Waals surface area contributed by atoms with E-state index in [4.69, 9.17) is 9.47 Å². The third kappa shape index (κ3) is 11.1. The molecule has 0 aliphatic rings. The summed E-state index contributed by atoms with van der Waals surface area (Å²) in [6.45, 7) is 5.41. The lowest BCUT2D eigenvalue weighted by molar-refractivity contribution is -0.123. The second-order valence-corrected chi connectivity index (χ2v) is 3.47. The zero-order valence-corrected chi connectivity index (χ0v) is 10.1. The number of hydrogen-bond acceptors (Lipinski definition) is 4. The number of ether oxygens (including phenoxy) is 2. The minimum atomic E-state index is 0.00632. The fourth-order valence-electron chi connectivity index (χ4n) is 1.01. The molecule has 0 aromatic heterocycles. The van der Waals surface area contributed by atoms with Gasteiger partial charge in [0.15, 0.2) is 5.78 Å². The molecule has 94 valence electrons. The molecular formula is C11H21NO4. The Bertz CT molecular complexity index is 206. The van der Waals surface area contributed by atoms with Crippen LogP contribution in [-0.4, -0.2) is 44.7 Å². The quantitative estimate of drug-likeness (QED) is 0.557. The van der Waals surface area contributed by atoms with Crippen LogP contribution in [0, 0.1) is 0 Å². The van der Waals surface area contributed by atoms with Crippen LogP contribution in [0.15, 0.2) is 0 Å². The van der Waals surface area contributed by atoms with Gasteiger partial charge in [-0.2, -0.15) is 0 Å². The Morgan fingerprint density at radius 1 is 1.12 bits per heavy atom. The monoisotopic (exact) mass is 231 g/mol. The van der Waals surface area contributed by atoms with Crippen LogP contribution in [0.5, 0.6) is 0 Å². The molecule has 0 aliphatic heterocycles. The summed E-state index contributed by atoms with van der Waals surface area (Å²) >= 11 is 0. The predicted molar refractivity (Wildman–Crippen MR) is 60.2 cm³/mol. The molecule has 5 nitrogen and oxygen atoms in total. The summed E-state index contributed by atoms with van der Waals surface area (Å²) in [4.78, 5) is 21.5. The molecule has 0 unspecified atom stereocenters. The maximum Gasteiger partial charge on any atom is 0.220 e. The minimum Gasteiger partial charge on any atom is -0.377 e. The molecule has 1 N–H and O–H groups in total. The summed E-state index contributed by atoms with van der Waals surface area (Å²) < 4.78 is 10.2. The van der Waals surface area contributed by atoms with Crippen LogP contribution in [0.1, 0.15) is 26.7 Å². The van der Waals surface area contributed by atoms with E-state index >= 15 is 0 Å². The summed E-state index contributed by atoms with van der Waals surface area (Å²) in [6.07, 6.45) is 1.41. The maximum atomic E-state index is 11.0. The first kappa shape index (κ1) is 15.1. The number of nitrogens with one attached hydrogen (secondary N) is 1. The summed E-state index contributed by atoms with van der Waals surface area (Å²) in [6, 6.07) is 0. The molecule has 0 heterocycles. The Kier molecular flexibility index (Phi) is 9.95. The van der Waals surface area contributed by atoms with Gasteiger partial charge in [0.05, 0.1) is 19.8 Å². The molecule has 0 aliphatic carbocycles. The molecule has 0 saturated heterocycles. The topological polar surface area (TPSA) is 64.6 Å². The van der Waals surface area contributed by atoms with Crippen molar-refractivity contribution in [2.24, 2.45) is 0 Å². The third-order valence-electron chi connectivity index (χ3n) is 1.72. The van der Waals surface area contributed by atoms with Crippen molar-refractivity contribution in [3.8, 4) is 0 Å². The van der Waals surface area contributed by atoms with Gasteiger partial charge >= 0.3 is 0 Å². The molecule has 0 atom stereocenters. The molecule has 0 fully saturated rings. The summed E-state index contributed by atoms with van der Waals surface area (Å²) in [7, 11) is 0. The number of rotatable bonds is 10. The van der Waals surface area contributed by atoms with E-state index in [1.54, 1.807) is 0 Å². The van der Waals surface area contributed by atoms with Crippen LogP contribution in [0.4, 0.5) is 0 Å². The Morgan fingerprint density at radius 3 is 2.44 bits per heavy atom. The van der Waals surface area contributed by atoms with Gasteiger partial charge in [0.2, 0.25) is 5.91 Å². The summed E-state index contributed by atoms with van der Waals surface area (Å²) in [5.41, 5.74) is 0. The van der Waals surface area contributed by atoms with Crippen LogP contribution >= 0.6 is 0 Å². The lowest BCUT2D eigenvalue weighted by atomic mass is 10.3. The van der Waals surface area contributed by atoms with E-state index in [2.05, 4.69) is 5.32 Å². The van der Waals surface area contributed by atoms with Gasteiger partial charge in [0, 0.05) is 13.0 Å². The van der Waals surface area contributed by atoms with E-state index in [0.717, 1.165) is 6.42 Å². The minimum absolute atomic E-state index is 0.00632. The number of amides is 1. The van der Waals surface area contributed by atoms with Gasteiger partial charge in [0.25, 0.3) is 0 Å². The van der Waals surface area contributed by atoms with E-state index in [1.165, 1.54) is 6.92 Å². The molecule has 0 bridgehead atoms. The highest BCUT2D eigenvalue weighted by molar-refractivity contribution is 5.76. The summed E-state index contributed by atoms with van der Waals surface area (Å²) in [5, 5.41) is 2.73. The Balaban J connectivity index is 3.09. The van der Waals surface area contributed by atoms with Crippen molar-refractivity contribution in [3.63, 3.8) is 0 Å². The molecular weight excluding hydrogens is 210 g/mol. The lowest BCUT2D eigenvalue weighted by Crippen LogP contribution is -2.27. The van der Waals surface area contributed by atoms with Gasteiger partial charge in [-0.15, -0.1) is 0 Å². The number of Topliss-reactive ketones (excluding diaryl/α,β-unsaturated/α-hetero) is 1. The van der Waals surface area contributed by atoms with Crippen LogP contribution < -0.4 is 5.32 Å². The Hall–Kier alpha value is -0.940. The van der Waals surface area contributed by atoms with Crippen molar-refractivity contribution in [2.45, 2.75) is 26.7 Å². The van der Waals surface area contributed by atoms with E-state index in [1.807, 2.05) is 6.92 Å². The molecule has 0 rings (SSSR count). The van der Waals surface area contributed by atoms with Crippen molar-refractivity contribution < 1.29 is 19.1 Å². The Labute approximate surface area is 96.5 Å². The normalized spacial score (nSPS) is 10.1. The van der Waals surface area contributed by atoms with Crippen molar-refractivity contribution in [2.75, 3.05) is 33.0 Å². The van der Waals surface area contributed by atoms with Crippen LogP contribution in [0.25, 0.3) is 0 Å². The van der Waals surface area contributed by atoms with Crippen LogP contribution in [0.3, 0.4) is 0 Å². The molecule has 5 heteroatoms. The van der Waals surface area contributed by atoms with Gasteiger partial charge in [-0.05, 0) is 13.3 Å². The van der Waals surface area contributed by atoms with Crippen molar-refractivity contribution in [1.29, 1.82) is 0 Å². The average molecular weight is 231 g/mol. The first-order valence-corrected chi connectivity index (χ1v) is 5.58. The lowest BCUT2D eigenvalue weighted by Gasteiger charge is -2.06. The second-order valence-electron chi connectivity index (χ2n) is 3.47. The summed E-state index contributed by atoms with van der Waals surface area (Å²) in [5.74, 6) is 0.0609. The van der Waals surface area contributed by atoms with Gasteiger partial charge in [-0.3, -0.25) is 9.59 Å². The van der Waals surface area contributed by atoms with E-state index in [-0.39, 0.29) is 18.3 Å². The highest BCUT2D eigenvalue weighted by Crippen LogP contribution is 1.85.